The van der Waals surface area contributed by atoms with Gasteiger partial charge in [0.1, 0.15) is 5.75 Å². The maximum absolute atomic E-state index is 11.3. The van der Waals surface area contributed by atoms with E-state index in [1.165, 1.54) is 13.2 Å². The standard InChI is InChI=1S/C13H17BO5/c1-13(2)7-18-14(19-8-13)11-9(12(15)16)5-4-6-10(11)17-3/h4-6H,7-8H2,1-3H3,(H,15,16). The number of carbonyl (C=O) groups is 1. The maximum atomic E-state index is 11.3. The molecule has 0 radical (unpaired) electrons. The van der Waals surface area contributed by atoms with Crippen LogP contribution in [-0.4, -0.2) is 38.5 Å². The number of carboxylic acid groups (broad SMARTS) is 1. The molecule has 0 spiro atoms. The van der Waals surface area contributed by atoms with Crippen LogP contribution in [0.25, 0.3) is 0 Å². The number of hydrogen-bond donors (Lipinski definition) is 1. The first-order valence-corrected chi connectivity index (χ1v) is 6.08. The van der Waals surface area contributed by atoms with E-state index in [-0.39, 0.29) is 11.0 Å². The molecule has 1 aromatic carbocycles. The number of methoxy groups -OCH3 is 1. The molecule has 0 saturated carbocycles. The Morgan fingerprint density at radius 1 is 1.37 bits per heavy atom. The Labute approximate surface area is 112 Å². The van der Waals surface area contributed by atoms with Crippen molar-refractivity contribution in [1.29, 1.82) is 0 Å². The molecule has 0 bridgehead atoms. The molecule has 1 aliphatic heterocycles. The van der Waals surface area contributed by atoms with Gasteiger partial charge in [0.2, 0.25) is 0 Å². The van der Waals surface area contributed by atoms with Crippen LogP contribution in [0.2, 0.25) is 0 Å². The molecule has 1 fully saturated rings. The third kappa shape index (κ3) is 2.90. The SMILES string of the molecule is COc1cccc(C(=O)O)c1B1OCC(C)(C)CO1. The van der Waals surface area contributed by atoms with Gasteiger partial charge < -0.3 is 19.2 Å². The molecule has 1 saturated heterocycles. The molecule has 5 nitrogen and oxygen atoms in total. The van der Waals surface area contributed by atoms with Gasteiger partial charge >= 0.3 is 13.1 Å². The van der Waals surface area contributed by atoms with Gasteiger partial charge in [0, 0.05) is 24.1 Å². The summed E-state index contributed by atoms with van der Waals surface area (Å²) in [5.74, 6) is -0.560. The van der Waals surface area contributed by atoms with Crippen molar-refractivity contribution in [3.8, 4) is 5.75 Å². The Bertz CT molecular complexity index is 476. The van der Waals surface area contributed by atoms with Crippen LogP contribution in [0.4, 0.5) is 0 Å². The van der Waals surface area contributed by atoms with Crippen LogP contribution >= 0.6 is 0 Å². The molecule has 19 heavy (non-hydrogen) atoms. The van der Waals surface area contributed by atoms with E-state index in [9.17, 15) is 9.90 Å². The molecule has 102 valence electrons. The predicted octanol–water partition coefficient (Wildman–Crippen LogP) is 1.16. The van der Waals surface area contributed by atoms with Crippen molar-refractivity contribution >= 4 is 18.6 Å². The normalized spacial score (nSPS) is 18.2. The second kappa shape index (κ2) is 5.23. The topological polar surface area (TPSA) is 65.0 Å². The zero-order valence-electron chi connectivity index (χ0n) is 11.3. The summed E-state index contributed by atoms with van der Waals surface area (Å²) in [5.41, 5.74) is 0.513. The summed E-state index contributed by atoms with van der Waals surface area (Å²) in [4.78, 5) is 11.3. The summed E-state index contributed by atoms with van der Waals surface area (Å²) >= 11 is 0. The van der Waals surface area contributed by atoms with Crippen LogP contribution in [0.3, 0.4) is 0 Å². The second-order valence-electron chi connectivity index (χ2n) is 5.34. The molecule has 1 N–H and O–H groups in total. The number of benzene rings is 1. The number of ether oxygens (including phenoxy) is 1. The lowest BCUT2D eigenvalue weighted by molar-refractivity contribution is 0.0339. The van der Waals surface area contributed by atoms with Crippen molar-refractivity contribution < 1.29 is 23.9 Å². The molecular formula is C13H17BO5. The van der Waals surface area contributed by atoms with Crippen molar-refractivity contribution in [2.24, 2.45) is 5.41 Å². The molecule has 1 heterocycles. The van der Waals surface area contributed by atoms with Crippen LogP contribution in [0.5, 0.6) is 5.75 Å². The fourth-order valence-electron chi connectivity index (χ4n) is 2.01. The lowest BCUT2D eigenvalue weighted by Gasteiger charge is -2.33. The largest absolute Gasteiger partial charge is 0.498 e. The van der Waals surface area contributed by atoms with Crippen LogP contribution in [0.15, 0.2) is 18.2 Å². The highest BCUT2D eigenvalue weighted by Gasteiger charge is 2.37. The first-order chi connectivity index (χ1) is 8.94. The van der Waals surface area contributed by atoms with Crippen molar-refractivity contribution in [2.45, 2.75) is 13.8 Å². The van der Waals surface area contributed by atoms with E-state index >= 15 is 0 Å². The lowest BCUT2D eigenvalue weighted by Crippen LogP contribution is -2.49. The molecule has 1 aliphatic rings. The quantitative estimate of drug-likeness (QED) is 0.830. The lowest BCUT2D eigenvalue weighted by atomic mass is 9.72. The molecule has 1 aromatic rings. The zero-order valence-corrected chi connectivity index (χ0v) is 11.3. The fraction of sp³-hybridized carbons (Fsp3) is 0.462. The van der Waals surface area contributed by atoms with Gasteiger partial charge in [-0.15, -0.1) is 0 Å². The Hall–Kier alpha value is -1.53. The first-order valence-electron chi connectivity index (χ1n) is 6.08. The van der Waals surface area contributed by atoms with Crippen molar-refractivity contribution in [1.82, 2.24) is 0 Å². The summed E-state index contributed by atoms with van der Waals surface area (Å²) < 4.78 is 16.5. The molecule has 0 aliphatic carbocycles. The number of rotatable bonds is 3. The fourth-order valence-corrected chi connectivity index (χ4v) is 2.01. The van der Waals surface area contributed by atoms with E-state index in [0.29, 0.717) is 24.4 Å². The van der Waals surface area contributed by atoms with Gasteiger partial charge in [-0.05, 0) is 12.1 Å². The summed E-state index contributed by atoms with van der Waals surface area (Å²) in [6, 6.07) is 4.86. The average molecular weight is 264 g/mol. The van der Waals surface area contributed by atoms with Crippen molar-refractivity contribution in [3.63, 3.8) is 0 Å². The molecule has 0 atom stereocenters. The third-order valence-electron chi connectivity index (χ3n) is 3.00. The predicted molar refractivity (Wildman–Crippen MR) is 71.0 cm³/mol. The third-order valence-corrected chi connectivity index (χ3v) is 3.00. The Morgan fingerprint density at radius 3 is 2.53 bits per heavy atom. The van der Waals surface area contributed by atoms with Crippen LogP contribution < -0.4 is 10.2 Å². The summed E-state index contributed by atoms with van der Waals surface area (Å²) in [6.45, 7) is 5.08. The van der Waals surface area contributed by atoms with E-state index in [1.54, 1.807) is 12.1 Å². The summed E-state index contributed by atoms with van der Waals surface area (Å²) in [7, 11) is 0.798. The van der Waals surface area contributed by atoms with Gasteiger partial charge in [-0.2, -0.15) is 0 Å². The Balaban J connectivity index is 2.35. The molecule has 6 heteroatoms. The second-order valence-corrected chi connectivity index (χ2v) is 5.34. The highest BCUT2D eigenvalue weighted by atomic mass is 16.6. The first kappa shape index (κ1) is 13.9. The van der Waals surface area contributed by atoms with E-state index in [4.69, 9.17) is 14.0 Å². The Morgan fingerprint density at radius 2 is 2.00 bits per heavy atom. The summed E-state index contributed by atoms with van der Waals surface area (Å²) in [6.07, 6.45) is 0. The molecule has 0 unspecified atom stereocenters. The minimum atomic E-state index is -1.02. The molecule has 2 rings (SSSR count). The van der Waals surface area contributed by atoms with Gasteiger partial charge in [0.05, 0.1) is 12.7 Å². The minimum absolute atomic E-state index is 0.0676. The number of carboxylic acids is 1. The van der Waals surface area contributed by atoms with Gasteiger partial charge in [0.15, 0.2) is 0 Å². The average Bonchev–Trinajstić information content (AvgIpc) is 2.38. The van der Waals surface area contributed by atoms with E-state index in [0.717, 1.165) is 0 Å². The number of hydrogen-bond acceptors (Lipinski definition) is 4. The van der Waals surface area contributed by atoms with E-state index < -0.39 is 13.1 Å². The van der Waals surface area contributed by atoms with Crippen LogP contribution in [0, 0.1) is 5.41 Å². The van der Waals surface area contributed by atoms with Crippen molar-refractivity contribution in [3.05, 3.63) is 23.8 Å². The van der Waals surface area contributed by atoms with Gasteiger partial charge in [-0.25, -0.2) is 4.79 Å². The van der Waals surface area contributed by atoms with Crippen LogP contribution in [0.1, 0.15) is 24.2 Å². The van der Waals surface area contributed by atoms with E-state index in [2.05, 4.69) is 0 Å². The van der Waals surface area contributed by atoms with E-state index in [1.807, 2.05) is 13.8 Å². The molecule has 0 amide bonds. The zero-order chi connectivity index (χ0) is 14.0. The van der Waals surface area contributed by atoms with Gasteiger partial charge in [0.25, 0.3) is 0 Å². The van der Waals surface area contributed by atoms with Crippen molar-refractivity contribution in [2.75, 3.05) is 20.3 Å². The monoisotopic (exact) mass is 264 g/mol. The Kier molecular flexibility index (Phi) is 3.82. The maximum Gasteiger partial charge on any atom is 0.498 e. The number of aromatic carboxylic acids is 1. The highest BCUT2D eigenvalue weighted by Crippen LogP contribution is 2.23. The molecule has 0 aromatic heterocycles. The smallest absolute Gasteiger partial charge is 0.497 e. The van der Waals surface area contributed by atoms with Crippen LogP contribution in [-0.2, 0) is 9.31 Å². The highest BCUT2D eigenvalue weighted by molar-refractivity contribution is 6.64. The van der Waals surface area contributed by atoms with Gasteiger partial charge in [-0.1, -0.05) is 19.9 Å². The summed E-state index contributed by atoms with van der Waals surface area (Å²) in [5, 5.41) is 9.25. The van der Waals surface area contributed by atoms with Gasteiger partial charge in [-0.3, -0.25) is 0 Å². The minimum Gasteiger partial charge on any atom is -0.497 e. The molecular weight excluding hydrogens is 247 g/mol.